The molecule has 0 saturated heterocycles. The Bertz CT molecular complexity index is 3790. The third kappa shape index (κ3) is 80.8. The van der Waals surface area contributed by atoms with Gasteiger partial charge in [0.1, 0.15) is 65.8 Å². The molecule has 3 N–H and O–H groups in total. The second-order valence-electron chi connectivity index (χ2n) is 45.2. The number of likely N-dealkylation sites (N-methyl/N-ethyl adjacent to an activating group) is 7. The van der Waals surface area contributed by atoms with Crippen molar-refractivity contribution >= 4 is 65.5 Å². The van der Waals surface area contributed by atoms with Gasteiger partial charge in [0.2, 0.25) is 17.7 Å². The number of hydrogen-bond donors (Lipinski definition) is 3. The van der Waals surface area contributed by atoms with Gasteiger partial charge in [-0.3, -0.25) is 24.0 Å². The van der Waals surface area contributed by atoms with Gasteiger partial charge in [0.15, 0.2) is 19.8 Å². The van der Waals surface area contributed by atoms with Crippen molar-refractivity contribution in [3.8, 4) is 0 Å². The fraction of sp³-hybridized carbons (Fsp3) is 0.670. The molecule has 776 valence electrons. The summed E-state index contributed by atoms with van der Waals surface area (Å²) in [5.74, 6) is -1.00. The van der Waals surface area contributed by atoms with Crippen LogP contribution in [0.25, 0.3) is 0 Å². The number of carbonyl (C=O) groups excluding carboxylic acids is 11. The monoisotopic (exact) mass is 1920 g/mol. The fourth-order valence-electron chi connectivity index (χ4n) is 13.0. The Kier molecular flexibility index (Phi) is 65.3. The number of nitrogens with zero attached hydrogens (tertiary/aromatic N) is 8. The van der Waals surface area contributed by atoms with Gasteiger partial charge in [-0.15, -0.1) is 0 Å². The number of amides is 3. The van der Waals surface area contributed by atoms with Crippen LogP contribution in [0.4, 0.5) is 0 Å². The van der Waals surface area contributed by atoms with Gasteiger partial charge in [-0.05, 0) is 130 Å². The molecule has 0 heterocycles. The highest BCUT2D eigenvalue weighted by molar-refractivity contribution is 5.92. The van der Waals surface area contributed by atoms with Crippen molar-refractivity contribution in [2.75, 3.05) is 294 Å². The van der Waals surface area contributed by atoms with Crippen LogP contribution < -0.4 is 16.0 Å². The molecule has 3 amide bonds. The summed E-state index contributed by atoms with van der Waals surface area (Å²) in [4.78, 5) is 126. The number of ether oxygens (including phenoxy) is 8. The smallest absolute Gasteiger partial charge is 0.344 e. The molecule has 3 aromatic carbocycles. The van der Waals surface area contributed by atoms with Crippen molar-refractivity contribution in [3.05, 3.63) is 145 Å². The maximum absolute atomic E-state index is 12.6. The van der Waals surface area contributed by atoms with Crippen molar-refractivity contribution in [1.82, 2.24) is 16.0 Å². The Hall–Kier alpha value is -9.27. The standard InChI is InChI=1S/C18H30NO4.C14H26NO4.C14H20NO4.2C12H18NO2.2C9H18N2O.C8H16N2O.2C5H12/c1-19(2,3)4-5-22-16(20)12-23-17(21)18-9-13-6-14(10-18)8-15(7-13)11-18;2*1-15(2,3)9-10-18-13(16)11-19-14(17)12-7-5-4-6-8-12;2*1-13(2,3)9-10-15-12(14)11-7-5-4-6-8-11;1-8(2)9(12)10-6-7-11(3,4)5;1-5-9(12)10-7-6-8-11(2,3)4;1-5-8(11)9-6-7-10(2,3)4;1-5(2,3)4;1-3-5-4-2/h13-15H,4-12H2,1-3H3;12H,4-11H2,1-3H3;4-8H,9-11H2,1-3H3;2*4-8H,9-10H2,1-3H3;1,6-7H2,2-5H3;5H,1,6-8H2,2-4H3;5H,1,6-7H2,2-4H3;1-4H3;3-5H2,1-2H3/q5*+1;;;;;/p+3. The zero-order valence-corrected chi connectivity index (χ0v) is 90.6. The number of esters is 8. The van der Waals surface area contributed by atoms with Gasteiger partial charge < -0.3 is 89.7 Å². The van der Waals surface area contributed by atoms with Crippen LogP contribution in [0.3, 0.4) is 0 Å². The summed E-state index contributed by atoms with van der Waals surface area (Å²) < 4.78 is 47.1. The van der Waals surface area contributed by atoms with E-state index in [1.165, 1.54) is 57.1 Å². The second kappa shape index (κ2) is 67.9. The van der Waals surface area contributed by atoms with E-state index < -0.39 is 23.9 Å². The fourth-order valence-corrected chi connectivity index (χ4v) is 13.0. The van der Waals surface area contributed by atoms with E-state index in [4.69, 9.17) is 37.9 Å². The van der Waals surface area contributed by atoms with Crippen molar-refractivity contribution in [1.29, 1.82) is 0 Å². The molecule has 30 heteroatoms. The highest BCUT2D eigenvalue weighted by Gasteiger charge is 2.55. The molecule has 0 aromatic heterocycles. The highest BCUT2D eigenvalue weighted by atomic mass is 16.6. The first-order valence-corrected chi connectivity index (χ1v) is 48.3. The third-order valence-electron chi connectivity index (χ3n) is 20.4. The molecule has 0 unspecified atom stereocenters. The molecule has 4 bridgehead atoms. The summed E-state index contributed by atoms with van der Waals surface area (Å²) in [6, 6.07) is 26.6. The molecule has 0 aliphatic heterocycles. The van der Waals surface area contributed by atoms with Crippen molar-refractivity contribution in [2.45, 2.75) is 145 Å². The van der Waals surface area contributed by atoms with Crippen LogP contribution in [0.15, 0.2) is 128 Å². The van der Waals surface area contributed by atoms with E-state index in [-0.39, 0.29) is 72.8 Å². The van der Waals surface area contributed by atoms with Gasteiger partial charge >= 0.3 is 47.8 Å². The second-order valence-corrected chi connectivity index (χ2v) is 45.2. The topological polar surface area (TPSA) is 298 Å². The minimum Gasteiger partial charge on any atom is -0.457 e. The van der Waals surface area contributed by atoms with Crippen molar-refractivity contribution in [3.63, 3.8) is 0 Å². The number of quaternary nitrogens is 8. The van der Waals surface area contributed by atoms with E-state index >= 15 is 0 Å². The Morgan fingerprint density at radius 3 is 0.934 bits per heavy atom. The Morgan fingerprint density at radius 2 is 0.647 bits per heavy atom. The zero-order chi connectivity index (χ0) is 105. The van der Waals surface area contributed by atoms with Gasteiger partial charge in [-0.25, -0.2) is 28.8 Å². The molecule has 5 aliphatic rings. The molecule has 0 spiro atoms. The molecule has 136 heavy (non-hydrogen) atoms. The lowest BCUT2D eigenvalue weighted by atomic mass is 9.49. The summed E-state index contributed by atoms with van der Waals surface area (Å²) in [5, 5.41) is 8.24. The number of hydrogen-bond acceptors (Lipinski definition) is 19. The Labute approximate surface area is 822 Å². The number of unbranched alkanes of at least 4 members (excludes halogenated alkanes) is 2. The van der Waals surface area contributed by atoms with Crippen molar-refractivity contribution in [2.24, 2.45) is 34.5 Å². The van der Waals surface area contributed by atoms with E-state index in [1.54, 1.807) is 61.5 Å². The SMILES string of the molecule is C=C(C)C(=O)NCC[N+](C)(C)C.C=CC(=O)NCCC[N+](C)(C)C.C=CC(=O)NCC[N+](C)(C)C.CC(C)(C)C.CCCCC.C[N+](C)(C)CCOC(=O)COC(=O)C12CC3CC(CC(C3)C1)C2.C[N+](C)(C)CCOC(=O)COC(=O)C1CCCCC1.C[N+](C)(C)CCOC(=O)COC(=O)c1ccccc1.C[N+](C)(C)CCOC(=O)c1ccccc1.C[N+](C)(C)CCOC(=O)c1ccccc1. The van der Waals surface area contributed by atoms with Gasteiger partial charge in [0.25, 0.3) is 0 Å². The first-order valence-electron chi connectivity index (χ1n) is 48.3. The molecule has 3 aromatic rings. The van der Waals surface area contributed by atoms with E-state index in [2.05, 4.69) is 183 Å². The molecule has 5 aliphatic carbocycles. The summed E-state index contributed by atoms with van der Waals surface area (Å²) in [6.07, 6.45) is 19.6. The molecule has 5 fully saturated rings. The van der Waals surface area contributed by atoms with Gasteiger partial charge in [-0.2, -0.15) is 0 Å². The predicted molar refractivity (Wildman–Crippen MR) is 545 cm³/mol. The van der Waals surface area contributed by atoms with Gasteiger partial charge in [0.05, 0.1) is 230 Å². The third-order valence-corrected chi connectivity index (χ3v) is 20.4. The average Bonchev–Trinajstić information content (AvgIpc) is 0.740. The first-order chi connectivity index (χ1) is 62.7. The highest BCUT2D eigenvalue weighted by Crippen LogP contribution is 2.60. The maximum Gasteiger partial charge on any atom is 0.344 e. The average molecular weight is 1920 g/mol. The number of benzene rings is 3. The van der Waals surface area contributed by atoms with Crippen LogP contribution >= 0.6 is 0 Å². The minimum absolute atomic E-state index is 0.0206. The number of carbonyl (C=O) groups is 11. The molecule has 0 radical (unpaired) electrons. The molecule has 8 rings (SSSR count). The number of rotatable bonds is 41. The lowest BCUT2D eigenvalue weighted by molar-refractivity contribution is -0.870. The van der Waals surface area contributed by atoms with E-state index in [0.29, 0.717) is 103 Å². The van der Waals surface area contributed by atoms with Crippen LogP contribution in [-0.2, 0) is 76.3 Å². The maximum atomic E-state index is 12.6. The molecular formula is C106H191N11O19+8. The lowest BCUT2D eigenvalue weighted by Gasteiger charge is -2.55. The van der Waals surface area contributed by atoms with Crippen LogP contribution in [-0.4, -0.2) is 395 Å². The quantitative estimate of drug-likeness (QED) is 0.0156. The minimum atomic E-state index is -0.530. The molecule has 5 saturated carbocycles. The first kappa shape index (κ1) is 131. The Balaban J connectivity index is -0.00000148. The summed E-state index contributed by atoms with van der Waals surface area (Å²) in [7, 11) is 49.5. The van der Waals surface area contributed by atoms with Crippen LogP contribution in [0.1, 0.15) is 176 Å². The van der Waals surface area contributed by atoms with Crippen LogP contribution in [0.2, 0.25) is 0 Å². The number of nitrogens with one attached hydrogen (secondary N) is 3. The van der Waals surface area contributed by atoms with Crippen LogP contribution in [0, 0.1) is 34.5 Å². The van der Waals surface area contributed by atoms with E-state index in [1.807, 2.05) is 99.8 Å². The normalized spacial score (nSPS) is 15.9. The van der Waals surface area contributed by atoms with E-state index in [9.17, 15) is 52.7 Å². The lowest BCUT2D eigenvalue weighted by Crippen LogP contribution is -2.50. The van der Waals surface area contributed by atoms with Crippen molar-refractivity contribution < 1.29 is 126 Å². The Morgan fingerprint density at radius 1 is 0.368 bits per heavy atom. The van der Waals surface area contributed by atoms with Gasteiger partial charge in [0, 0.05) is 18.5 Å². The molecule has 0 atom stereocenters. The van der Waals surface area contributed by atoms with Crippen LogP contribution in [0.5, 0.6) is 0 Å². The zero-order valence-electron chi connectivity index (χ0n) is 90.6. The molecular weight excluding hydrogens is 1730 g/mol. The van der Waals surface area contributed by atoms with E-state index in [0.717, 1.165) is 135 Å². The van der Waals surface area contributed by atoms with Gasteiger partial charge in [-0.1, -0.05) is 154 Å². The summed E-state index contributed by atoms with van der Waals surface area (Å²) >= 11 is 0. The summed E-state index contributed by atoms with van der Waals surface area (Å²) in [6.45, 7) is 35.1. The predicted octanol–water partition coefficient (Wildman–Crippen LogP) is 12.6. The molecule has 30 nitrogen and oxygen atoms in total. The largest absolute Gasteiger partial charge is 0.457 e. The summed E-state index contributed by atoms with van der Waals surface area (Å²) in [5.41, 5.74) is 2.41.